The van der Waals surface area contributed by atoms with Crippen molar-refractivity contribution in [2.75, 3.05) is 6.61 Å². The average Bonchev–Trinajstić information content (AvgIpc) is 2.55. The second-order valence-corrected chi connectivity index (χ2v) is 5.02. The first kappa shape index (κ1) is 19.7. The van der Waals surface area contributed by atoms with Crippen molar-refractivity contribution in [3.05, 3.63) is 48.2 Å². The molecule has 0 fully saturated rings. The maximum atomic E-state index is 11.5. The molecule has 1 amide bonds. The zero-order chi connectivity index (χ0) is 16.7. The Morgan fingerprint density at radius 3 is 2.54 bits per heavy atom. The van der Waals surface area contributed by atoms with Crippen LogP contribution in [0.5, 0.6) is 17.4 Å². The smallest absolute Gasteiger partial charge is 0.236 e. The van der Waals surface area contributed by atoms with Gasteiger partial charge in [0.1, 0.15) is 11.5 Å². The van der Waals surface area contributed by atoms with Crippen LogP contribution in [-0.4, -0.2) is 23.5 Å². The van der Waals surface area contributed by atoms with Gasteiger partial charge in [-0.15, -0.1) is 12.4 Å². The highest BCUT2D eigenvalue weighted by atomic mass is 35.5. The van der Waals surface area contributed by atoms with Gasteiger partial charge < -0.3 is 20.5 Å². The van der Waals surface area contributed by atoms with Crippen LogP contribution in [0.2, 0.25) is 0 Å². The van der Waals surface area contributed by atoms with Gasteiger partial charge in [-0.05, 0) is 49.7 Å². The number of carbonyl (C=O) groups excluding carboxylic acids is 1. The van der Waals surface area contributed by atoms with Crippen LogP contribution in [0, 0.1) is 0 Å². The van der Waals surface area contributed by atoms with Crippen molar-refractivity contribution in [2.45, 2.75) is 26.4 Å². The number of nitrogens with two attached hydrogens (primary N) is 1. The zero-order valence-electron chi connectivity index (χ0n) is 13.7. The first-order valence-corrected chi connectivity index (χ1v) is 7.47. The molecule has 0 spiro atoms. The SMILES string of the molecule is CCOc1ccc(Oc2cc(CNC(=O)C(C)N)ccn2)cc1.Cl. The van der Waals surface area contributed by atoms with Crippen molar-refractivity contribution < 1.29 is 14.3 Å². The van der Waals surface area contributed by atoms with E-state index in [2.05, 4.69) is 10.3 Å². The molecule has 2 rings (SSSR count). The van der Waals surface area contributed by atoms with Gasteiger partial charge in [0.2, 0.25) is 11.8 Å². The van der Waals surface area contributed by atoms with Crippen molar-refractivity contribution in [3.8, 4) is 17.4 Å². The van der Waals surface area contributed by atoms with Crippen LogP contribution in [0.25, 0.3) is 0 Å². The second kappa shape index (κ2) is 9.75. The molecule has 24 heavy (non-hydrogen) atoms. The standard InChI is InChI=1S/C17H21N3O3.ClH/c1-3-22-14-4-6-15(7-5-14)23-16-10-13(8-9-19-16)11-20-17(21)12(2)18;/h4-10,12H,3,11,18H2,1-2H3,(H,20,21);1H. The summed E-state index contributed by atoms with van der Waals surface area (Å²) in [6.45, 7) is 4.58. The van der Waals surface area contributed by atoms with Gasteiger partial charge in [0.15, 0.2) is 0 Å². The van der Waals surface area contributed by atoms with E-state index in [0.29, 0.717) is 24.8 Å². The Morgan fingerprint density at radius 2 is 1.92 bits per heavy atom. The van der Waals surface area contributed by atoms with Crippen molar-refractivity contribution in [2.24, 2.45) is 5.73 Å². The number of ether oxygens (including phenoxy) is 2. The predicted molar refractivity (Wildman–Crippen MR) is 94.7 cm³/mol. The quantitative estimate of drug-likeness (QED) is 0.800. The molecule has 1 unspecified atom stereocenters. The van der Waals surface area contributed by atoms with Crippen LogP contribution in [0.1, 0.15) is 19.4 Å². The molecule has 1 heterocycles. The monoisotopic (exact) mass is 351 g/mol. The topological polar surface area (TPSA) is 86.5 Å². The summed E-state index contributed by atoms with van der Waals surface area (Å²) in [4.78, 5) is 15.6. The van der Waals surface area contributed by atoms with Gasteiger partial charge in [-0.1, -0.05) is 0 Å². The van der Waals surface area contributed by atoms with Crippen molar-refractivity contribution in [1.29, 1.82) is 0 Å². The summed E-state index contributed by atoms with van der Waals surface area (Å²) < 4.78 is 11.1. The van der Waals surface area contributed by atoms with E-state index in [1.807, 2.05) is 37.3 Å². The third-order valence-electron chi connectivity index (χ3n) is 3.04. The molecule has 1 atom stereocenters. The predicted octanol–water partition coefficient (Wildman–Crippen LogP) is 2.66. The molecule has 1 aromatic carbocycles. The maximum absolute atomic E-state index is 11.5. The highest BCUT2D eigenvalue weighted by molar-refractivity contribution is 5.85. The second-order valence-electron chi connectivity index (χ2n) is 5.02. The number of pyridine rings is 1. The Hall–Kier alpha value is -2.31. The number of nitrogens with zero attached hydrogens (tertiary/aromatic N) is 1. The molecule has 2 aromatic rings. The summed E-state index contributed by atoms with van der Waals surface area (Å²) >= 11 is 0. The van der Waals surface area contributed by atoms with Gasteiger partial charge in [-0.25, -0.2) is 4.98 Å². The number of carbonyl (C=O) groups is 1. The van der Waals surface area contributed by atoms with E-state index in [-0.39, 0.29) is 18.3 Å². The van der Waals surface area contributed by atoms with Gasteiger partial charge in [0, 0.05) is 18.8 Å². The van der Waals surface area contributed by atoms with Crippen molar-refractivity contribution in [1.82, 2.24) is 10.3 Å². The molecule has 3 N–H and O–H groups in total. The fourth-order valence-electron chi connectivity index (χ4n) is 1.86. The summed E-state index contributed by atoms with van der Waals surface area (Å²) in [5.74, 6) is 1.72. The van der Waals surface area contributed by atoms with Crippen LogP contribution in [0.15, 0.2) is 42.6 Å². The highest BCUT2D eigenvalue weighted by Crippen LogP contribution is 2.23. The van der Waals surface area contributed by atoms with Gasteiger partial charge in [0.25, 0.3) is 0 Å². The molecule has 0 aliphatic carbocycles. The Bertz CT molecular complexity index is 648. The van der Waals surface area contributed by atoms with Crippen molar-refractivity contribution >= 4 is 18.3 Å². The lowest BCUT2D eigenvalue weighted by Gasteiger charge is -2.10. The summed E-state index contributed by atoms with van der Waals surface area (Å²) in [6.07, 6.45) is 1.64. The summed E-state index contributed by atoms with van der Waals surface area (Å²) in [7, 11) is 0. The molecule has 0 aliphatic heterocycles. The lowest BCUT2D eigenvalue weighted by atomic mass is 10.2. The summed E-state index contributed by atoms with van der Waals surface area (Å²) in [6, 6.07) is 10.4. The summed E-state index contributed by atoms with van der Waals surface area (Å²) in [5, 5.41) is 2.75. The number of hydrogen-bond donors (Lipinski definition) is 2. The van der Waals surface area contributed by atoms with E-state index < -0.39 is 6.04 Å². The number of amides is 1. The Labute approximate surface area is 147 Å². The Kier molecular flexibility index (Phi) is 8.01. The molecule has 6 nitrogen and oxygen atoms in total. The molecule has 0 saturated heterocycles. The van der Waals surface area contributed by atoms with E-state index in [0.717, 1.165) is 11.3 Å². The van der Waals surface area contributed by atoms with E-state index in [4.69, 9.17) is 15.2 Å². The Morgan fingerprint density at radius 1 is 1.25 bits per heavy atom. The molecule has 130 valence electrons. The molecular weight excluding hydrogens is 330 g/mol. The summed E-state index contributed by atoms with van der Waals surface area (Å²) in [5.41, 5.74) is 6.39. The first-order chi connectivity index (χ1) is 11.1. The molecule has 7 heteroatoms. The number of aromatic nitrogens is 1. The van der Waals surface area contributed by atoms with Gasteiger partial charge in [-0.3, -0.25) is 4.79 Å². The van der Waals surface area contributed by atoms with Gasteiger partial charge in [-0.2, -0.15) is 0 Å². The molecular formula is C17H22ClN3O3. The van der Waals surface area contributed by atoms with E-state index in [9.17, 15) is 4.79 Å². The fourth-order valence-corrected chi connectivity index (χ4v) is 1.86. The zero-order valence-corrected chi connectivity index (χ0v) is 14.5. The molecule has 0 bridgehead atoms. The van der Waals surface area contributed by atoms with E-state index in [1.54, 1.807) is 19.2 Å². The minimum Gasteiger partial charge on any atom is -0.494 e. The number of halogens is 1. The molecule has 1 aromatic heterocycles. The molecule has 0 saturated carbocycles. The largest absolute Gasteiger partial charge is 0.494 e. The third-order valence-corrected chi connectivity index (χ3v) is 3.04. The van der Waals surface area contributed by atoms with Crippen LogP contribution in [0.4, 0.5) is 0 Å². The third kappa shape index (κ3) is 6.06. The lowest BCUT2D eigenvalue weighted by molar-refractivity contribution is -0.122. The number of rotatable bonds is 7. The first-order valence-electron chi connectivity index (χ1n) is 7.47. The highest BCUT2D eigenvalue weighted by Gasteiger charge is 2.07. The van der Waals surface area contributed by atoms with Gasteiger partial charge >= 0.3 is 0 Å². The number of benzene rings is 1. The van der Waals surface area contributed by atoms with E-state index >= 15 is 0 Å². The fraction of sp³-hybridized carbons (Fsp3) is 0.294. The molecule has 0 aliphatic rings. The van der Waals surface area contributed by atoms with Crippen LogP contribution in [0.3, 0.4) is 0 Å². The maximum Gasteiger partial charge on any atom is 0.236 e. The van der Waals surface area contributed by atoms with Crippen LogP contribution in [-0.2, 0) is 11.3 Å². The lowest BCUT2D eigenvalue weighted by Crippen LogP contribution is -2.37. The average molecular weight is 352 g/mol. The Balaban J connectivity index is 0.00000288. The molecule has 0 radical (unpaired) electrons. The van der Waals surface area contributed by atoms with Crippen LogP contribution >= 0.6 is 12.4 Å². The number of nitrogens with one attached hydrogen (secondary N) is 1. The van der Waals surface area contributed by atoms with Crippen molar-refractivity contribution in [3.63, 3.8) is 0 Å². The van der Waals surface area contributed by atoms with E-state index in [1.165, 1.54) is 0 Å². The minimum absolute atomic E-state index is 0. The number of hydrogen-bond acceptors (Lipinski definition) is 5. The van der Waals surface area contributed by atoms with Crippen LogP contribution < -0.4 is 20.5 Å². The van der Waals surface area contributed by atoms with Gasteiger partial charge in [0.05, 0.1) is 12.6 Å². The normalized spacial score (nSPS) is 11.1. The minimum atomic E-state index is -0.531.